The second-order valence-corrected chi connectivity index (χ2v) is 4.92. The number of carbonyl (C=O) groups excluding carboxylic acids is 1. The minimum Gasteiger partial charge on any atom is -0.490 e. The molecule has 3 rings (SSSR count). The molecule has 110 valence electrons. The Bertz CT molecular complexity index is 651. The monoisotopic (exact) mass is 287 g/mol. The predicted octanol–water partition coefficient (Wildman–Crippen LogP) is 1.51. The first-order valence-electron chi connectivity index (χ1n) is 6.88. The van der Waals surface area contributed by atoms with Crippen molar-refractivity contribution in [2.24, 2.45) is 7.05 Å². The van der Waals surface area contributed by atoms with Crippen LogP contribution < -0.4 is 14.8 Å². The molecule has 2 aromatic rings. The Kier molecular flexibility index (Phi) is 3.77. The van der Waals surface area contributed by atoms with Gasteiger partial charge >= 0.3 is 0 Å². The molecule has 0 aliphatic carbocycles. The first-order chi connectivity index (χ1) is 10.2. The summed E-state index contributed by atoms with van der Waals surface area (Å²) in [5.41, 5.74) is 1.52. The summed E-state index contributed by atoms with van der Waals surface area (Å²) in [7, 11) is 1.78. The number of hydrogen-bond acceptors (Lipinski definition) is 4. The van der Waals surface area contributed by atoms with Gasteiger partial charge in [0.2, 0.25) is 0 Å². The molecule has 0 fully saturated rings. The number of ether oxygens (including phenoxy) is 2. The molecule has 0 saturated heterocycles. The molecule has 0 atom stereocenters. The summed E-state index contributed by atoms with van der Waals surface area (Å²) < 4.78 is 12.8. The Morgan fingerprint density at radius 3 is 2.90 bits per heavy atom. The highest BCUT2D eigenvalue weighted by Gasteiger charge is 2.12. The van der Waals surface area contributed by atoms with Crippen LogP contribution in [-0.2, 0) is 13.6 Å². The zero-order valence-corrected chi connectivity index (χ0v) is 11.8. The fraction of sp³-hybridized carbons (Fsp3) is 0.333. The summed E-state index contributed by atoms with van der Waals surface area (Å²) in [5.74, 6) is 1.35. The van der Waals surface area contributed by atoms with Crippen molar-refractivity contribution < 1.29 is 14.3 Å². The van der Waals surface area contributed by atoms with Gasteiger partial charge in [-0.15, -0.1) is 0 Å². The first-order valence-corrected chi connectivity index (χ1v) is 6.88. The number of nitrogens with one attached hydrogen (secondary N) is 1. The van der Waals surface area contributed by atoms with E-state index in [9.17, 15) is 4.79 Å². The fourth-order valence-electron chi connectivity index (χ4n) is 2.14. The summed E-state index contributed by atoms with van der Waals surface area (Å²) in [6.45, 7) is 1.76. The summed E-state index contributed by atoms with van der Waals surface area (Å²) >= 11 is 0. The van der Waals surface area contributed by atoms with Gasteiger partial charge in [0, 0.05) is 26.2 Å². The number of rotatable bonds is 3. The topological polar surface area (TPSA) is 65.4 Å². The van der Waals surface area contributed by atoms with Gasteiger partial charge in [0.15, 0.2) is 11.5 Å². The van der Waals surface area contributed by atoms with Crippen LogP contribution in [0, 0.1) is 0 Å². The Labute approximate surface area is 122 Å². The third-order valence-electron chi connectivity index (χ3n) is 3.23. The second kappa shape index (κ2) is 5.87. The lowest BCUT2D eigenvalue weighted by molar-refractivity contribution is 0.0951. The first kappa shape index (κ1) is 13.5. The summed E-state index contributed by atoms with van der Waals surface area (Å²) in [6, 6.07) is 5.72. The Hall–Kier alpha value is -2.50. The van der Waals surface area contributed by atoms with Gasteiger partial charge in [-0.25, -0.2) is 0 Å². The maximum absolute atomic E-state index is 12.0. The Balaban J connectivity index is 1.65. The summed E-state index contributed by atoms with van der Waals surface area (Å²) in [4.78, 5) is 12.0. The molecule has 0 bridgehead atoms. The van der Waals surface area contributed by atoms with E-state index in [1.54, 1.807) is 24.1 Å². The molecule has 1 aliphatic rings. The SMILES string of the molecule is Cn1cc(C(=O)NCc2ccc3c(c2)OCCCO3)cn1. The van der Waals surface area contributed by atoms with Gasteiger partial charge in [0.25, 0.3) is 5.91 Å². The number of carbonyl (C=O) groups is 1. The molecule has 1 aromatic heterocycles. The van der Waals surface area contributed by atoms with E-state index in [0.717, 1.165) is 23.5 Å². The maximum atomic E-state index is 12.0. The lowest BCUT2D eigenvalue weighted by Crippen LogP contribution is -2.22. The molecule has 0 saturated carbocycles. The minimum absolute atomic E-state index is 0.143. The van der Waals surface area contributed by atoms with Crippen LogP contribution in [0.15, 0.2) is 30.6 Å². The molecular weight excluding hydrogens is 270 g/mol. The van der Waals surface area contributed by atoms with Gasteiger partial charge in [0.1, 0.15) is 0 Å². The van der Waals surface area contributed by atoms with Crippen molar-refractivity contribution in [2.75, 3.05) is 13.2 Å². The van der Waals surface area contributed by atoms with Crippen molar-refractivity contribution >= 4 is 5.91 Å². The van der Waals surface area contributed by atoms with Gasteiger partial charge in [-0.2, -0.15) is 5.10 Å². The number of aryl methyl sites for hydroxylation is 1. The highest BCUT2D eigenvalue weighted by atomic mass is 16.5. The van der Waals surface area contributed by atoms with Gasteiger partial charge < -0.3 is 14.8 Å². The Morgan fingerprint density at radius 2 is 2.14 bits per heavy atom. The smallest absolute Gasteiger partial charge is 0.254 e. The Morgan fingerprint density at radius 1 is 1.33 bits per heavy atom. The highest BCUT2D eigenvalue weighted by Crippen LogP contribution is 2.30. The number of nitrogens with zero attached hydrogens (tertiary/aromatic N) is 2. The van der Waals surface area contributed by atoms with Gasteiger partial charge in [-0.05, 0) is 17.7 Å². The third-order valence-corrected chi connectivity index (χ3v) is 3.23. The molecule has 2 heterocycles. The lowest BCUT2D eigenvalue weighted by Gasteiger charge is -2.09. The normalized spacial score (nSPS) is 13.6. The van der Waals surface area contributed by atoms with Crippen LogP contribution in [-0.4, -0.2) is 28.9 Å². The summed E-state index contributed by atoms with van der Waals surface area (Å²) in [6.07, 6.45) is 4.11. The van der Waals surface area contributed by atoms with Gasteiger partial charge in [0.05, 0.1) is 25.0 Å². The zero-order valence-electron chi connectivity index (χ0n) is 11.8. The number of benzene rings is 1. The van der Waals surface area contributed by atoms with Crippen LogP contribution in [0.25, 0.3) is 0 Å². The number of fused-ring (bicyclic) bond motifs is 1. The lowest BCUT2D eigenvalue weighted by atomic mass is 10.2. The molecule has 0 radical (unpaired) electrons. The predicted molar refractivity (Wildman–Crippen MR) is 76.4 cm³/mol. The van der Waals surface area contributed by atoms with Crippen molar-refractivity contribution in [1.82, 2.24) is 15.1 Å². The second-order valence-electron chi connectivity index (χ2n) is 4.92. The van der Waals surface area contributed by atoms with Crippen molar-refractivity contribution in [3.63, 3.8) is 0 Å². The standard InChI is InChI=1S/C15H17N3O3/c1-18-10-12(9-17-18)15(19)16-8-11-3-4-13-14(7-11)21-6-2-5-20-13/h3-4,7,9-10H,2,5-6,8H2,1H3,(H,16,19). The van der Waals surface area contributed by atoms with E-state index in [4.69, 9.17) is 9.47 Å². The van der Waals surface area contributed by atoms with E-state index in [2.05, 4.69) is 10.4 Å². The fourth-order valence-corrected chi connectivity index (χ4v) is 2.14. The zero-order chi connectivity index (χ0) is 14.7. The molecule has 6 nitrogen and oxygen atoms in total. The van der Waals surface area contributed by atoms with Crippen molar-refractivity contribution in [2.45, 2.75) is 13.0 Å². The highest BCUT2D eigenvalue weighted by molar-refractivity contribution is 5.93. The average Bonchev–Trinajstić information content (AvgIpc) is 2.79. The van der Waals surface area contributed by atoms with E-state index >= 15 is 0 Å². The van der Waals surface area contributed by atoms with Crippen LogP contribution in [0.3, 0.4) is 0 Å². The van der Waals surface area contributed by atoms with Crippen molar-refractivity contribution in [3.05, 3.63) is 41.7 Å². The number of hydrogen-bond donors (Lipinski definition) is 1. The molecule has 1 aliphatic heterocycles. The van der Waals surface area contributed by atoms with E-state index in [-0.39, 0.29) is 5.91 Å². The van der Waals surface area contributed by atoms with E-state index in [0.29, 0.717) is 25.3 Å². The summed E-state index contributed by atoms with van der Waals surface area (Å²) in [5, 5.41) is 6.84. The molecular formula is C15H17N3O3. The van der Waals surface area contributed by atoms with Gasteiger partial charge in [-0.1, -0.05) is 6.07 Å². The molecule has 1 amide bonds. The van der Waals surface area contributed by atoms with Crippen LogP contribution in [0.4, 0.5) is 0 Å². The third kappa shape index (κ3) is 3.16. The number of amides is 1. The maximum Gasteiger partial charge on any atom is 0.254 e. The van der Waals surface area contributed by atoms with Crippen molar-refractivity contribution in [3.8, 4) is 11.5 Å². The molecule has 6 heteroatoms. The number of aromatic nitrogens is 2. The largest absolute Gasteiger partial charge is 0.490 e. The molecule has 0 unspecified atom stereocenters. The van der Waals surface area contributed by atoms with Crippen LogP contribution in [0.2, 0.25) is 0 Å². The average molecular weight is 287 g/mol. The van der Waals surface area contributed by atoms with E-state index in [1.165, 1.54) is 0 Å². The quantitative estimate of drug-likeness (QED) is 0.929. The van der Waals surface area contributed by atoms with Crippen LogP contribution in [0.5, 0.6) is 11.5 Å². The molecule has 1 N–H and O–H groups in total. The van der Waals surface area contributed by atoms with Crippen molar-refractivity contribution in [1.29, 1.82) is 0 Å². The van der Waals surface area contributed by atoms with Gasteiger partial charge in [-0.3, -0.25) is 9.48 Å². The molecule has 1 aromatic carbocycles. The van der Waals surface area contributed by atoms with E-state index in [1.807, 2.05) is 18.2 Å². The van der Waals surface area contributed by atoms with E-state index < -0.39 is 0 Å². The molecule has 0 spiro atoms. The minimum atomic E-state index is -0.143. The van der Waals surface area contributed by atoms with Crippen LogP contribution >= 0.6 is 0 Å². The van der Waals surface area contributed by atoms with Crippen LogP contribution in [0.1, 0.15) is 22.3 Å². The molecule has 21 heavy (non-hydrogen) atoms.